The Morgan fingerprint density at radius 1 is 0.881 bits per heavy atom. The van der Waals surface area contributed by atoms with Crippen molar-refractivity contribution in [3.05, 3.63) is 66.0 Å². The molecule has 0 saturated heterocycles. The number of carbonyl (C=O) groups excluding carboxylic acids is 2. The third-order valence-electron chi connectivity index (χ3n) is 5.35. The molecule has 42 heavy (non-hydrogen) atoms. The maximum atomic E-state index is 11.6. The van der Waals surface area contributed by atoms with Crippen LogP contribution in [-0.4, -0.2) is 34.8 Å². The predicted octanol–water partition coefficient (Wildman–Crippen LogP) is 8.60. The topological polar surface area (TPSA) is 81.4 Å². The number of ether oxygens (including phenoxy) is 2. The number of esters is 1. The van der Waals surface area contributed by atoms with Gasteiger partial charge in [0, 0.05) is 19.4 Å². The largest absolute Gasteiger partial charge is 0.460 e. The van der Waals surface area contributed by atoms with Gasteiger partial charge in [0.05, 0.1) is 21.8 Å². The minimum atomic E-state index is -0.456. The highest BCUT2D eigenvalue weighted by Gasteiger charge is 2.19. The van der Waals surface area contributed by atoms with Crippen LogP contribution in [0.25, 0.3) is 20.4 Å². The number of carbonyl (C=O) groups is 2. The number of para-hydroxylation sites is 2. The van der Waals surface area contributed by atoms with Crippen LogP contribution in [0.2, 0.25) is 0 Å². The van der Waals surface area contributed by atoms with E-state index in [1.54, 1.807) is 22.7 Å². The van der Waals surface area contributed by atoms with E-state index in [2.05, 4.69) is 46.9 Å². The molecule has 0 unspecified atom stereocenters. The van der Waals surface area contributed by atoms with E-state index in [9.17, 15) is 9.59 Å². The Kier molecular flexibility index (Phi) is 15.1. The molecule has 0 atom stereocenters. The zero-order valence-corrected chi connectivity index (χ0v) is 28.6. The lowest BCUT2D eigenvalue weighted by Gasteiger charge is -2.19. The van der Waals surface area contributed by atoms with Gasteiger partial charge in [-0.2, -0.15) is 4.57 Å². The summed E-state index contributed by atoms with van der Waals surface area (Å²) in [6.07, 6.45) is 2.15. The Morgan fingerprint density at radius 3 is 2.07 bits per heavy atom. The van der Waals surface area contributed by atoms with Crippen molar-refractivity contribution in [3.63, 3.8) is 0 Å². The second-order valence-electron chi connectivity index (χ2n) is 11.6. The van der Waals surface area contributed by atoms with Crippen LogP contribution in [0.5, 0.6) is 0 Å². The average molecular weight is 616 g/mol. The first-order valence-corrected chi connectivity index (χ1v) is 15.7. The van der Waals surface area contributed by atoms with Crippen molar-refractivity contribution >= 4 is 55.2 Å². The third-order valence-corrected chi connectivity index (χ3v) is 7.39. The van der Waals surface area contributed by atoms with E-state index in [1.165, 1.54) is 19.9 Å². The van der Waals surface area contributed by atoms with Crippen molar-refractivity contribution in [2.24, 2.45) is 0 Å². The van der Waals surface area contributed by atoms with E-state index < -0.39 is 5.60 Å². The summed E-state index contributed by atoms with van der Waals surface area (Å²) in [5.41, 5.74) is 1.54. The van der Waals surface area contributed by atoms with Crippen molar-refractivity contribution in [3.8, 4) is 0 Å². The molecule has 2 aromatic carbocycles. The first-order valence-electron chi connectivity index (χ1n) is 14.1. The fourth-order valence-corrected chi connectivity index (χ4v) is 5.59. The first-order chi connectivity index (χ1) is 19.2. The van der Waals surface area contributed by atoms with Crippen LogP contribution in [0.1, 0.15) is 77.7 Å². The molecule has 4 aromatic rings. The molecule has 2 aromatic heterocycles. The van der Waals surface area contributed by atoms with Gasteiger partial charge in [-0.25, -0.2) is 9.78 Å². The molecule has 1 N–H and O–H groups in total. The number of hydrogen-bond acceptors (Lipinski definition) is 7. The van der Waals surface area contributed by atoms with E-state index in [-0.39, 0.29) is 25.1 Å². The SMILES string of the molecule is CCCCC(=O)OC(C)(C)C.Cc1nc2ccccc2s1.Cc1sc2ccccc2[n+]1CCNC(=O)OC(C)(C)C.[CH3-]. The summed E-state index contributed by atoms with van der Waals surface area (Å²) < 4.78 is 15.1. The Labute approximate surface area is 260 Å². The van der Waals surface area contributed by atoms with E-state index in [4.69, 9.17) is 9.47 Å². The smallest absolute Gasteiger partial charge is 0.407 e. The number of alkyl carbamates (subject to hydrolysis) is 1. The molecule has 0 radical (unpaired) electrons. The maximum absolute atomic E-state index is 11.6. The van der Waals surface area contributed by atoms with Gasteiger partial charge >= 0.3 is 12.1 Å². The van der Waals surface area contributed by atoms with E-state index in [0.29, 0.717) is 13.0 Å². The summed E-state index contributed by atoms with van der Waals surface area (Å²) in [5.74, 6) is -0.0839. The van der Waals surface area contributed by atoms with Gasteiger partial charge in [0.25, 0.3) is 0 Å². The van der Waals surface area contributed by atoms with Gasteiger partial charge in [0.15, 0.2) is 6.54 Å². The number of amides is 1. The number of benzene rings is 2. The normalized spacial score (nSPS) is 11.0. The zero-order chi connectivity index (χ0) is 30.6. The highest BCUT2D eigenvalue weighted by molar-refractivity contribution is 7.18. The van der Waals surface area contributed by atoms with Crippen LogP contribution < -0.4 is 9.88 Å². The lowest BCUT2D eigenvalue weighted by atomic mass is 10.2. The molecule has 4 rings (SSSR count). The van der Waals surface area contributed by atoms with Gasteiger partial charge < -0.3 is 22.2 Å². The Morgan fingerprint density at radius 2 is 1.48 bits per heavy atom. The molecular formula is C33H49N3O4S2. The lowest BCUT2D eigenvalue weighted by molar-refractivity contribution is -0.670. The van der Waals surface area contributed by atoms with E-state index in [0.717, 1.165) is 29.9 Å². The lowest BCUT2D eigenvalue weighted by Crippen LogP contribution is -2.42. The van der Waals surface area contributed by atoms with Crippen molar-refractivity contribution in [1.29, 1.82) is 0 Å². The summed E-state index contributed by atoms with van der Waals surface area (Å²) in [6, 6.07) is 16.5. The minimum absolute atomic E-state index is 0. The molecule has 7 nitrogen and oxygen atoms in total. The molecule has 0 fully saturated rings. The number of rotatable bonds is 6. The summed E-state index contributed by atoms with van der Waals surface area (Å²) >= 11 is 3.51. The Balaban J connectivity index is 0.000000340. The van der Waals surface area contributed by atoms with Crippen LogP contribution in [0.15, 0.2) is 48.5 Å². The molecule has 232 valence electrons. The Hall–Kier alpha value is -3.04. The van der Waals surface area contributed by atoms with Crippen LogP contribution in [-0.2, 0) is 20.8 Å². The summed E-state index contributed by atoms with van der Waals surface area (Å²) in [4.78, 5) is 26.9. The molecule has 1 amide bonds. The summed E-state index contributed by atoms with van der Waals surface area (Å²) in [7, 11) is 0. The minimum Gasteiger partial charge on any atom is -0.460 e. The van der Waals surface area contributed by atoms with Gasteiger partial charge in [-0.3, -0.25) is 4.79 Å². The standard InChI is InChI=1S/C15H20N2O2S.C9H18O2.C8H7NS.CH3/c1-11-17(12-7-5-6-8-13(12)20-11)10-9-16-14(18)19-15(2,3)4;1-5-6-7-8(10)11-9(2,3)4;1-6-9-7-4-2-3-5-8(7)10-6;/h5-8H,9-10H2,1-4H3;5-7H2,1-4H3;2-5H,1H3;1H3/q;;;-1/p+1. The summed E-state index contributed by atoms with van der Waals surface area (Å²) in [6.45, 7) is 18.7. The third kappa shape index (κ3) is 13.7. The monoisotopic (exact) mass is 615 g/mol. The van der Waals surface area contributed by atoms with Gasteiger partial charge in [-0.05, 0) is 73.1 Å². The second kappa shape index (κ2) is 17.2. The van der Waals surface area contributed by atoms with E-state index >= 15 is 0 Å². The van der Waals surface area contributed by atoms with Gasteiger partial charge in [-0.1, -0.05) is 48.9 Å². The molecule has 0 spiro atoms. The van der Waals surface area contributed by atoms with Crippen LogP contribution in [0.3, 0.4) is 0 Å². The maximum Gasteiger partial charge on any atom is 0.407 e. The first kappa shape index (κ1) is 37.0. The number of hydrogen-bond donors (Lipinski definition) is 1. The summed E-state index contributed by atoms with van der Waals surface area (Å²) in [5, 5.41) is 5.17. The molecule has 0 aliphatic heterocycles. The Bertz CT molecular complexity index is 1360. The average Bonchev–Trinajstić information content (AvgIpc) is 3.39. The highest BCUT2D eigenvalue weighted by atomic mass is 32.1. The second-order valence-corrected chi connectivity index (χ2v) is 14.0. The van der Waals surface area contributed by atoms with Crippen LogP contribution >= 0.6 is 22.7 Å². The fourth-order valence-electron chi connectivity index (χ4n) is 3.71. The predicted molar refractivity (Wildman–Crippen MR) is 177 cm³/mol. The fraction of sp³-hybridized carbons (Fsp3) is 0.485. The molecule has 0 aliphatic carbocycles. The quantitative estimate of drug-likeness (QED) is 0.133. The number of thiazole rings is 2. The molecule has 0 bridgehead atoms. The number of unbranched alkanes of at least 4 members (excludes halogenated alkanes) is 1. The number of nitrogens with zero attached hydrogens (tertiary/aromatic N) is 2. The van der Waals surface area contributed by atoms with Crippen molar-refractivity contribution in [1.82, 2.24) is 10.3 Å². The molecule has 9 heteroatoms. The van der Waals surface area contributed by atoms with Crippen LogP contribution in [0, 0.1) is 21.3 Å². The number of aryl methyl sites for hydroxylation is 2. The molecule has 0 saturated carbocycles. The zero-order valence-electron chi connectivity index (χ0n) is 27.0. The number of nitrogens with one attached hydrogen (secondary N) is 1. The molecule has 0 aliphatic rings. The van der Waals surface area contributed by atoms with E-state index in [1.807, 2.05) is 78.8 Å². The van der Waals surface area contributed by atoms with Crippen molar-refractivity contribution in [2.45, 2.75) is 99.3 Å². The number of fused-ring (bicyclic) bond motifs is 2. The highest BCUT2D eigenvalue weighted by Crippen LogP contribution is 2.20. The van der Waals surface area contributed by atoms with Gasteiger partial charge in [-0.15, -0.1) is 11.3 Å². The van der Waals surface area contributed by atoms with Gasteiger partial charge in [0.1, 0.15) is 15.9 Å². The van der Waals surface area contributed by atoms with Crippen molar-refractivity contribution < 1.29 is 23.6 Å². The van der Waals surface area contributed by atoms with Crippen molar-refractivity contribution in [2.75, 3.05) is 6.54 Å². The van der Waals surface area contributed by atoms with Gasteiger partial charge in [0.2, 0.25) is 10.5 Å². The van der Waals surface area contributed by atoms with Crippen LogP contribution in [0.4, 0.5) is 4.79 Å². The number of aromatic nitrogens is 2. The molecular weight excluding hydrogens is 567 g/mol. The molecule has 2 heterocycles.